The number of aryl methyl sites for hydroxylation is 1. The molecule has 0 bridgehead atoms. The van der Waals surface area contributed by atoms with Crippen LogP contribution in [0.15, 0.2) is 40.2 Å². The number of nitrogens with zero attached hydrogens (tertiary/aromatic N) is 6. The molecule has 0 atom stereocenters. The Morgan fingerprint density at radius 1 is 1.27 bits per heavy atom. The van der Waals surface area contributed by atoms with Crippen LogP contribution in [0, 0.1) is 10.1 Å². The highest BCUT2D eigenvalue weighted by Crippen LogP contribution is 2.24. The SMILES string of the molecule is Cn1cnnc1SCc1nnc(-c2ccc([N+](=O)[O-])cc2)o1. The van der Waals surface area contributed by atoms with Crippen molar-refractivity contribution in [3.05, 3.63) is 46.6 Å². The molecule has 3 aromatic rings. The van der Waals surface area contributed by atoms with Crippen molar-refractivity contribution in [2.24, 2.45) is 7.05 Å². The summed E-state index contributed by atoms with van der Waals surface area (Å²) in [5.41, 5.74) is 0.648. The molecule has 0 amide bonds. The Kier molecular flexibility index (Phi) is 3.83. The first-order valence-electron chi connectivity index (χ1n) is 6.17. The van der Waals surface area contributed by atoms with Crippen molar-refractivity contribution in [3.8, 4) is 11.5 Å². The van der Waals surface area contributed by atoms with E-state index in [1.165, 1.54) is 23.9 Å². The quantitative estimate of drug-likeness (QED) is 0.399. The molecule has 10 heteroatoms. The van der Waals surface area contributed by atoms with Crippen LogP contribution in [0.25, 0.3) is 11.5 Å². The van der Waals surface area contributed by atoms with E-state index in [1.807, 2.05) is 7.05 Å². The first kappa shape index (κ1) is 14.2. The molecule has 3 rings (SSSR count). The van der Waals surface area contributed by atoms with E-state index in [0.717, 1.165) is 5.16 Å². The maximum Gasteiger partial charge on any atom is 0.269 e. The van der Waals surface area contributed by atoms with Crippen molar-refractivity contribution in [3.63, 3.8) is 0 Å². The lowest BCUT2D eigenvalue weighted by atomic mass is 10.2. The molecular formula is C12H10N6O3S. The van der Waals surface area contributed by atoms with Crippen molar-refractivity contribution in [1.82, 2.24) is 25.0 Å². The third-order valence-electron chi connectivity index (χ3n) is 2.79. The molecule has 112 valence electrons. The summed E-state index contributed by atoms with van der Waals surface area (Å²) in [6, 6.07) is 5.94. The lowest BCUT2D eigenvalue weighted by Crippen LogP contribution is -1.89. The Hall–Kier alpha value is -2.75. The largest absolute Gasteiger partial charge is 0.420 e. The predicted molar refractivity (Wildman–Crippen MR) is 77.0 cm³/mol. The van der Waals surface area contributed by atoms with E-state index in [1.54, 1.807) is 23.0 Å². The van der Waals surface area contributed by atoms with Crippen LogP contribution in [-0.4, -0.2) is 29.9 Å². The number of non-ortho nitro benzene ring substituents is 1. The molecule has 0 aliphatic carbocycles. The molecular weight excluding hydrogens is 308 g/mol. The number of hydrogen-bond acceptors (Lipinski definition) is 8. The highest BCUT2D eigenvalue weighted by molar-refractivity contribution is 7.98. The molecule has 1 aromatic carbocycles. The average molecular weight is 318 g/mol. The van der Waals surface area contributed by atoms with Crippen LogP contribution in [0.4, 0.5) is 5.69 Å². The second-order valence-electron chi connectivity index (χ2n) is 4.32. The predicted octanol–water partition coefficient (Wildman–Crippen LogP) is 2.07. The number of nitro benzene ring substituents is 1. The van der Waals surface area contributed by atoms with Crippen LogP contribution in [0.1, 0.15) is 5.89 Å². The summed E-state index contributed by atoms with van der Waals surface area (Å²) < 4.78 is 7.33. The van der Waals surface area contributed by atoms with Crippen molar-refractivity contribution in [2.75, 3.05) is 0 Å². The standard InChI is InChI=1S/C12H10N6O3S/c1-17-7-13-16-12(17)22-6-10-14-15-11(21-10)8-2-4-9(5-3-8)18(19)20/h2-5,7H,6H2,1H3. The number of hydrogen-bond donors (Lipinski definition) is 0. The van der Waals surface area contributed by atoms with Crippen LogP contribution in [0.5, 0.6) is 0 Å². The summed E-state index contributed by atoms with van der Waals surface area (Å²) in [4.78, 5) is 10.2. The Morgan fingerprint density at radius 3 is 2.68 bits per heavy atom. The van der Waals surface area contributed by atoms with Crippen LogP contribution < -0.4 is 0 Å². The maximum absolute atomic E-state index is 10.6. The van der Waals surface area contributed by atoms with Crippen molar-refractivity contribution in [2.45, 2.75) is 10.9 Å². The lowest BCUT2D eigenvalue weighted by Gasteiger charge is -1.96. The molecule has 0 radical (unpaired) electrons. The molecule has 0 N–H and O–H groups in total. The minimum Gasteiger partial charge on any atom is -0.420 e. The van der Waals surface area contributed by atoms with E-state index >= 15 is 0 Å². The van der Waals surface area contributed by atoms with Gasteiger partial charge in [0.05, 0.1) is 10.7 Å². The zero-order valence-corrected chi connectivity index (χ0v) is 12.2. The molecule has 22 heavy (non-hydrogen) atoms. The van der Waals surface area contributed by atoms with E-state index in [9.17, 15) is 10.1 Å². The minimum absolute atomic E-state index is 0.0151. The van der Waals surface area contributed by atoms with Gasteiger partial charge in [-0.3, -0.25) is 10.1 Å². The van der Waals surface area contributed by atoms with Gasteiger partial charge in [0.1, 0.15) is 6.33 Å². The molecule has 0 fully saturated rings. The Labute approximate surface area is 128 Å². The zero-order valence-electron chi connectivity index (χ0n) is 11.4. The number of nitro groups is 1. The van der Waals surface area contributed by atoms with Gasteiger partial charge >= 0.3 is 0 Å². The van der Waals surface area contributed by atoms with Gasteiger partial charge in [0.2, 0.25) is 11.8 Å². The van der Waals surface area contributed by atoms with Gasteiger partial charge in [-0.25, -0.2) is 0 Å². The first-order valence-corrected chi connectivity index (χ1v) is 7.16. The van der Waals surface area contributed by atoms with E-state index in [2.05, 4.69) is 20.4 Å². The first-order chi connectivity index (χ1) is 10.6. The van der Waals surface area contributed by atoms with Gasteiger partial charge < -0.3 is 8.98 Å². The Balaban J connectivity index is 1.70. The van der Waals surface area contributed by atoms with Crippen molar-refractivity contribution >= 4 is 17.4 Å². The molecule has 0 saturated carbocycles. The summed E-state index contributed by atoms with van der Waals surface area (Å²) in [6.07, 6.45) is 1.61. The third-order valence-corrected chi connectivity index (χ3v) is 3.81. The topological polar surface area (TPSA) is 113 Å². The molecule has 2 aromatic heterocycles. The molecule has 0 aliphatic rings. The van der Waals surface area contributed by atoms with E-state index in [4.69, 9.17) is 4.42 Å². The summed E-state index contributed by atoms with van der Waals surface area (Å²) >= 11 is 1.43. The average Bonchev–Trinajstić information content (AvgIpc) is 3.14. The molecule has 0 aliphatic heterocycles. The summed E-state index contributed by atoms with van der Waals surface area (Å²) in [5, 5.41) is 27.0. The van der Waals surface area contributed by atoms with Gasteiger partial charge in [0.15, 0.2) is 5.16 Å². The third kappa shape index (κ3) is 2.96. The number of thioether (sulfide) groups is 1. The second kappa shape index (κ2) is 5.93. The van der Waals surface area contributed by atoms with Gasteiger partial charge in [-0.1, -0.05) is 11.8 Å². The minimum atomic E-state index is -0.458. The molecule has 0 unspecified atom stereocenters. The fourth-order valence-corrected chi connectivity index (χ4v) is 2.41. The molecule has 0 spiro atoms. The van der Waals surface area contributed by atoms with Crippen molar-refractivity contribution < 1.29 is 9.34 Å². The lowest BCUT2D eigenvalue weighted by molar-refractivity contribution is -0.384. The highest BCUT2D eigenvalue weighted by Gasteiger charge is 2.12. The van der Waals surface area contributed by atoms with Gasteiger partial charge in [0.25, 0.3) is 5.69 Å². The fourth-order valence-electron chi connectivity index (χ4n) is 1.68. The Morgan fingerprint density at radius 2 is 2.05 bits per heavy atom. The summed E-state index contributed by atoms with van der Waals surface area (Å²) in [5.74, 6) is 1.23. The molecule has 9 nitrogen and oxygen atoms in total. The van der Waals surface area contributed by atoms with Crippen LogP contribution in [0.3, 0.4) is 0 Å². The van der Waals surface area contributed by atoms with Crippen LogP contribution >= 0.6 is 11.8 Å². The van der Waals surface area contributed by atoms with Gasteiger partial charge in [-0.05, 0) is 12.1 Å². The summed E-state index contributed by atoms with van der Waals surface area (Å²) in [6.45, 7) is 0. The zero-order chi connectivity index (χ0) is 15.5. The van der Waals surface area contributed by atoms with Crippen molar-refractivity contribution in [1.29, 1.82) is 0 Å². The van der Waals surface area contributed by atoms with Gasteiger partial charge in [-0.15, -0.1) is 20.4 Å². The highest BCUT2D eigenvalue weighted by atomic mass is 32.2. The molecule has 2 heterocycles. The van der Waals surface area contributed by atoms with E-state index in [0.29, 0.717) is 23.1 Å². The Bertz CT molecular complexity index is 797. The summed E-state index contributed by atoms with van der Waals surface area (Å²) in [7, 11) is 1.85. The fraction of sp³-hybridized carbons (Fsp3) is 0.167. The maximum atomic E-state index is 10.6. The normalized spacial score (nSPS) is 10.8. The number of rotatable bonds is 5. The number of benzene rings is 1. The van der Waals surface area contributed by atoms with Crippen LogP contribution in [-0.2, 0) is 12.8 Å². The van der Waals surface area contributed by atoms with Gasteiger partial charge in [0, 0.05) is 24.7 Å². The van der Waals surface area contributed by atoms with Crippen LogP contribution in [0.2, 0.25) is 0 Å². The van der Waals surface area contributed by atoms with Gasteiger partial charge in [-0.2, -0.15) is 0 Å². The molecule has 0 saturated heterocycles. The smallest absolute Gasteiger partial charge is 0.269 e. The monoisotopic (exact) mass is 318 g/mol. The van der Waals surface area contributed by atoms with E-state index < -0.39 is 4.92 Å². The van der Waals surface area contributed by atoms with E-state index in [-0.39, 0.29) is 5.69 Å². The number of aromatic nitrogens is 5. The second-order valence-corrected chi connectivity index (χ2v) is 5.26.